The molecule has 3 rings (SSSR count). The van der Waals surface area contributed by atoms with Crippen LogP contribution in [0.2, 0.25) is 0 Å². The number of hydrogen-bond donors (Lipinski definition) is 1. The second-order valence-corrected chi connectivity index (χ2v) is 10.4. The minimum atomic E-state index is -3.90. The molecule has 0 unspecified atom stereocenters. The summed E-state index contributed by atoms with van der Waals surface area (Å²) in [6.07, 6.45) is -3.90. The molecule has 0 amide bonds. The Morgan fingerprint density at radius 3 is 1.00 bits per heavy atom. The Kier molecular flexibility index (Phi) is 3.59. The molecule has 0 spiro atoms. The molecule has 0 radical (unpaired) electrons. The van der Waals surface area contributed by atoms with Gasteiger partial charge in [-0.1, -0.05) is 0 Å². The zero-order valence-electron chi connectivity index (χ0n) is 11.4. The van der Waals surface area contributed by atoms with E-state index < -0.39 is 6.18 Å². The first-order valence-electron chi connectivity index (χ1n) is 6.77. The van der Waals surface area contributed by atoms with Crippen molar-refractivity contribution in [3.63, 3.8) is 0 Å². The fourth-order valence-corrected chi connectivity index (χ4v) is 6.60. The Hall–Kier alpha value is -1.66. The summed E-state index contributed by atoms with van der Waals surface area (Å²) < 4.78 is 0. The molecule has 0 heterocycles. The van der Waals surface area contributed by atoms with Gasteiger partial charge in [-0.25, -0.2) is 0 Å². The van der Waals surface area contributed by atoms with Crippen LogP contribution < -0.4 is 15.9 Å². The fourth-order valence-electron chi connectivity index (χ4n) is 2.55. The van der Waals surface area contributed by atoms with Crippen molar-refractivity contribution in [3.05, 3.63) is 91.0 Å². The second kappa shape index (κ2) is 5.27. The molecule has 0 aromatic heterocycles. The van der Waals surface area contributed by atoms with Gasteiger partial charge in [0.25, 0.3) is 0 Å². The summed E-state index contributed by atoms with van der Waals surface area (Å²) in [7, 11) is 0. The van der Waals surface area contributed by atoms with Gasteiger partial charge in [-0.3, -0.25) is 0 Å². The normalized spacial score (nSPS) is 13.3. The number of benzene rings is 3. The van der Waals surface area contributed by atoms with Crippen LogP contribution in [0.3, 0.4) is 0 Å². The van der Waals surface area contributed by atoms with Crippen LogP contribution in [0.4, 0.5) is 0 Å². The number of halogens is 1. The summed E-state index contributed by atoms with van der Waals surface area (Å²) in [4.78, 5) is 11.8. The Morgan fingerprint density at radius 2 is 0.762 bits per heavy atom. The fraction of sp³-hybridized carbons (Fsp3) is 0. The van der Waals surface area contributed by atoms with Gasteiger partial charge in [-0.15, -0.1) is 0 Å². The van der Waals surface area contributed by atoms with E-state index in [1.807, 2.05) is 91.0 Å². The van der Waals surface area contributed by atoms with Crippen LogP contribution in [0.25, 0.3) is 0 Å². The number of rotatable bonds is 3. The standard InChI is InChI=1S/C18H16ClOP/c19-21(20,16-10-4-1-5-11-16,17-12-6-2-7-13-17)18-14-8-3-9-15-18/h1-15,20H. The molecular formula is C18H16ClOP. The first-order chi connectivity index (χ1) is 10.1. The third-order valence-electron chi connectivity index (χ3n) is 3.68. The molecule has 0 fully saturated rings. The Bertz CT molecular complexity index is 624. The van der Waals surface area contributed by atoms with Gasteiger partial charge in [0.2, 0.25) is 0 Å². The van der Waals surface area contributed by atoms with Crippen LogP contribution in [0.5, 0.6) is 0 Å². The van der Waals surface area contributed by atoms with Gasteiger partial charge < -0.3 is 0 Å². The van der Waals surface area contributed by atoms with Crippen molar-refractivity contribution < 1.29 is 4.89 Å². The molecule has 0 aliphatic heterocycles. The van der Waals surface area contributed by atoms with Crippen LogP contribution in [0, 0.1) is 0 Å². The summed E-state index contributed by atoms with van der Waals surface area (Å²) >= 11 is 7.06. The van der Waals surface area contributed by atoms with E-state index in [1.165, 1.54) is 0 Å². The average molecular weight is 315 g/mol. The van der Waals surface area contributed by atoms with Crippen LogP contribution in [0.1, 0.15) is 0 Å². The maximum absolute atomic E-state index is 11.8. The summed E-state index contributed by atoms with van der Waals surface area (Å²) in [6, 6.07) is 28.6. The van der Waals surface area contributed by atoms with Gasteiger partial charge in [0, 0.05) is 0 Å². The van der Waals surface area contributed by atoms with Gasteiger partial charge in [0.05, 0.1) is 0 Å². The van der Waals surface area contributed by atoms with Crippen molar-refractivity contribution in [3.8, 4) is 0 Å². The van der Waals surface area contributed by atoms with E-state index in [0.29, 0.717) is 0 Å². The summed E-state index contributed by atoms with van der Waals surface area (Å²) in [5, 5.41) is 2.26. The quantitative estimate of drug-likeness (QED) is 0.733. The van der Waals surface area contributed by atoms with Crippen molar-refractivity contribution >= 4 is 33.3 Å². The molecule has 0 bridgehead atoms. The Morgan fingerprint density at radius 1 is 0.524 bits per heavy atom. The Labute approximate surface area is 129 Å². The van der Waals surface area contributed by atoms with Gasteiger partial charge in [-0.05, 0) is 0 Å². The third kappa shape index (κ3) is 2.28. The van der Waals surface area contributed by atoms with Crippen molar-refractivity contribution in [1.29, 1.82) is 0 Å². The molecule has 1 nitrogen and oxygen atoms in total. The zero-order valence-corrected chi connectivity index (χ0v) is 13.1. The van der Waals surface area contributed by atoms with Crippen molar-refractivity contribution in [2.24, 2.45) is 0 Å². The van der Waals surface area contributed by atoms with Gasteiger partial charge in [0.1, 0.15) is 0 Å². The van der Waals surface area contributed by atoms with Crippen molar-refractivity contribution in [2.45, 2.75) is 0 Å². The van der Waals surface area contributed by atoms with Crippen LogP contribution in [-0.4, -0.2) is 4.89 Å². The summed E-state index contributed by atoms with van der Waals surface area (Å²) in [5.74, 6) is 0. The molecule has 0 atom stereocenters. The van der Waals surface area contributed by atoms with E-state index in [9.17, 15) is 4.89 Å². The maximum atomic E-state index is 11.8. The zero-order chi connectivity index (χ0) is 14.8. The topological polar surface area (TPSA) is 20.2 Å². The number of hydrogen-bond acceptors (Lipinski definition) is 1. The molecule has 3 heteroatoms. The SMILES string of the molecule is OP(Cl)(c1ccccc1)(c1ccccc1)c1ccccc1. The summed E-state index contributed by atoms with van der Waals surface area (Å²) in [6.45, 7) is 0. The molecule has 0 saturated heterocycles. The van der Waals surface area contributed by atoms with Crippen LogP contribution in [0.15, 0.2) is 91.0 Å². The average Bonchev–Trinajstić information content (AvgIpc) is 2.57. The Balaban J connectivity index is 2.36. The van der Waals surface area contributed by atoms with E-state index in [-0.39, 0.29) is 0 Å². The molecule has 1 N–H and O–H groups in total. The first kappa shape index (κ1) is 14.3. The molecule has 0 saturated carbocycles. The van der Waals surface area contributed by atoms with Crippen molar-refractivity contribution in [2.75, 3.05) is 0 Å². The molecule has 3 aromatic carbocycles. The van der Waals surface area contributed by atoms with Gasteiger partial charge in [-0.2, -0.15) is 0 Å². The summed E-state index contributed by atoms with van der Waals surface area (Å²) in [5.41, 5.74) is 0. The molecule has 0 aliphatic carbocycles. The minimum absolute atomic E-state index is 0.752. The van der Waals surface area contributed by atoms with E-state index in [1.54, 1.807) is 0 Å². The van der Waals surface area contributed by atoms with E-state index in [0.717, 1.165) is 15.9 Å². The van der Waals surface area contributed by atoms with Gasteiger partial charge in [0.15, 0.2) is 0 Å². The van der Waals surface area contributed by atoms with Crippen LogP contribution in [-0.2, 0) is 0 Å². The molecule has 106 valence electrons. The molecule has 0 aliphatic rings. The first-order valence-corrected chi connectivity index (χ1v) is 9.87. The monoisotopic (exact) mass is 314 g/mol. The predicted octanol–water partition coefficient (Wildman–Crippen LogP) is 3.58. The predicted molar refractivity (Wildman–Crippen MR) is 93.2 cm³/mol. The molecule has 21 heavy (non-hydrogen) atoms. The second-order valence-electron chi connectivity index (χ2n) is 4.97. The third-order valence-corrected chi connectivity index (χ3v) is 9.16. The van der Waals surface area contributed by atoms with E-state index in [4.69, 9.17) is 11.2 Å². The van der Waals surface area contributed by atoms with E-state index in [2.05, 4.69) is 0 Å². The van der Waals surface area contributed by atoms with E-state index >= 15 is 0 Å². The van der Waals surface area contributed by atoms with Gasteiger partial charge >= 0.3 is 129 Å². The molecular weight excluding hydrogens is 299 g/mol. The van der Waals surface area contributed by atoms with Crippen molar-refractivity contribution in [1.82, 2.24) is 0 Å². The molecule has 3 aromatic rings. The van der Waals surface area contributed by atoms with Crippen LogP contribution >= 0.6 is 17.4 Å².